The molecule has 0 radical (unpaired) electrons. The summed E-state index contributed by atoms with van der Waals surface area (Å²) in [6.07, 6.45) is 1.81. The van der Waals surface area contributed by atoms with E-state index in [0.717, 1.165) is 11.3 Å². The Morgan fingerprint density at radius 3 is 2.24 bits per heavy atom. The summed E-state index contributed by atoms with van der Waals surface area (Å²) in [5, 5.41) is 3.12. The first-order valence-corrected chi connectivity index (χ1v) is 8.82. The fourth-order valence-corrected chi connectivity index (χ4v) is 2.86. The Morgan fingerprint density at radius 1 is 1.03 bits per heavy atom. The van der Waals surface area contributed by atoms with E-state index in [-0.39, 0.29) is 5.56 Å². The number of para-hydroxylation sites is 1. The van der Waals surface area contributed by atoms with Gasteiger partial charge >= 0.3 is 0 Å². The Kier molecular flexibility index (Phi) is 6.13. The molecule has 0 saturated carbocycles. The minimum Gasteiger partial charge on any atom is -0.493 e. The number of aromatic nitrogens is 2. The van der Waals surface area contributed by atoms with Gasteiger partial charge < -0.3 is 25.3 Å². The van der Waals surface area contributed by atoms with Gasteiger partial charge in [0.15, 0.2) is 11.5 Å². The molecule has 3 rings (SSSR count). The van der Waals surface area contributed by atoms with Crippen molar-refractivity contribution in [1.29, 1.82) is 0 Å². The smallest absolute Gasteiger partial charge is 0.254 e. The number of benzene rings is 2. The predicted molar refractivity (Wildman–Crippen MR) is 109 cm³/mol. The number of carbonyl (C=O) groups is 1. The molecule has 2 aromatic carbocycles. The van der Waals surface area contributed by atoms with Crippen LogP contribution in [-0.4, -0.2) is 37.2 Å². The lowest BCUT2D eigenvalue weighted by atomic mass is 10.1. The van der Waals surface area contributed by atoms with E-state index in [1.165, 1.54) is 6.20 Å². The van der Waals surface area contributed by atoms with Crippen LogP contribution in [0.4, 0.5) is 11.5 Å². The van der Waals surface area contributed by atoms with Crippen LogP contribution in [0.2, 0.25) is 0 Å². The third-order valence-corrected chi connectivity index (χ3v) is 4.23. The number of anilines is 2. The molecule has 0 spiro atoms. The van der Waals surface area contributed by atoms with Crippen molar-refractivity contribution in [3.63, 3.8) is 0 Å². The number of nitrogens with two attached hydrogens (primary N) is 1. The number of ether oxygens (including phenoxy) is 3. The number of carbonyl (C=O) groups excluding carboxylic acids is 1. The average molecular weight is 394 g/mol. The highest BCUT2D eigenvalue weighted by Crippen LogP contribution is 2.38. The normalized spacial score (nSPS) is 10.3. The number of nitrogens with one attached hydrogen (secondary N) is 1. The molecular formula is C21H22N4O4. The zero-order valence-electron chi connectivity index (χ0n) is 16.4. The molecule has 3 N–H and O–H groups in total. The van der Waals surface area contributed by atoms with Gasteiger partial charge in [0.1, 0.15) is 17.2 Å². The number of amides is 1. The van der Waals surface area contributed by atoms with Gasteiger partial charge in [0, 0.05) is 18.3 Å². The largest absolute Gasteiger partial charge is 0.493 e. The number of hydrogen-bond acceptors (Lipinski definition) is 7. The van der Waals surface area contributed by atoms with Crippen LogP contribution in [0.5, 0.6) is 17.2 Å². The SMILES string of the molecule is COc1cc(Cc2ncc(C(N)=O)c(Nc3ccccc3)n2)cc(OC)c1OC. The molecule has 0 aliphatic carbocycles. The van der Waals surface area contributed by atoms with Gasteiger partial charge in [-0.05, 0) is 29.8 Å². The van der Waals surface area contributed by atoms with Gasteiger partial charge in [0.2, 0.25) is 5.75 Å². The minimum atomic E-state index is -0.609. The Balaban J connectivity index is 1.95. The topological polar surface area (TPSA) is 109 Å². The highest BCUT2D eigenvalue weighted by molar-refractivity contribution is 5.97. The minimum absolute atomic E-state index is 0.211. The summed E-state index contributed by atoms with van der Waals surface area (Å²) in [5.41, 5.74) is 7.33. The van der Waals surface area contributed by atoms with Crippen molar-refractivity contribution in [2.45, 2.75) is 6.42 Å². The molecule has 8 heteroatoms. The van der Waals surface area contributed by atoms with Crippen molar-refractivity contribution in [2.75, 3.05) is 26.6 Å². The summed E-state index contributed by atoms with van der Waals surface area (Å²) < 4.78 is 16.1. The summed E-state index contributed by atoms with van der Waals surface area (Å²) in [5.74, 6) is 1.83. The summed E-state index contributed by atoms with van der Waals surface area (Å²) in [4.78, 5) is 20.6. The molecule has 3 aromatic rings. The number of methoxy groups -OCH3 is 3. The Labute approximate surface area is 168 Å². The Morgan fingerprint density at radius 2 is 1.69 bits per heavy atom. The maximum absolute atomic E-state index is 11.8. The molecule has 0 saturated heterocycles. The number of hydrogen-bond donors (Lipinski definition) is 2. The maximum Gasteiger partial charge on any atom is 0.254 e. The first kappa shape index (κ1) is 19.9. The van der Waals surface area contributed by atoms with Crippen LogP contribution in [0.1, 0.15) is 21.7 Å². The lowest BCUT2D eigenvalue weighted by molar-refractivity contribution is 0.100. The summed E-state index contributed by atoms with van der Waals surface area (Å²) in [6.45, 7) is 0. The van der Waals surface area contributed by atoms with Crippen LogP contribution in [0.25, 0.3) is 0 Å². The summed E-state index contributed by atoms with van der Waals surface area (Å²) in [6, 6.07) is 13.1. The van der Waals surface area contributed by atoms with E-state index >= 15 is 0 Å². The van der Waals surface area contributed by atoms with Gasteiger partial charge in [-0.25, -0.2) is 9.97 Å². The van der Waals surface area contributed by atoms with Crippen molar-refractivity contribution in [1.82, 2.24) is 9.97 Å². The highest BCUT2D eigenvalue weighted by Gasteiger charge is 2.16. The molecule has 0 fully saturated rings. The standard InChI is InChI=1S/C21H22N4O4/c1-27-16-9-13(10-17(28-2)19(16)29-3)11-18-23-12-15(20(22)26)21(25-18)24-14-7-5-4-6-8-14/h4-10,12H,11H2,1-3H3,(H2,22,26)(H,23,24,25). The monoisotopic (exact) mass is 394 g/mol. The van der Waals surface area contributed by atoms with E-state index in [0.29, 0.717) is 35.3 Å². The lowest BCUT2D eigenvalue weighted by Gasteiger charge is -2.14. The maximum atomic E-state index is 11.8. The third kappa shape index (κ3) is 4.55. The zero-order chi connectivity index (χ0) is 20.8. The quantitative estimate of drug-likeness (QED) is 0.605. The second-order valence-electron chi connectivity index (χ2n) is 6.11. The molecule has 29 heavy (non-hydrogen) atoms. The van der Waals surface area contributed by atoms with E-state index < -0.39 is 5.91 Å². The van der Waals surface area contributed by atoms with Crippen molar-refractivity contribution < 1.29 is 19.0 Å². The van der Waals surface area contributed by atoms with Crippen LogP contribution >= 0.6 is 0 Å². The molecule has 1 amide bonds. The van der Waals surface area contributed by atoms with Gasteiger partial charge in [-0.2, -0.15) is 0 Å². The van der Waals surface area contributed by atoms with E-state index in [1.807, 2.05) is 42.5 Å². The Bertz CT molecular complexity index is 984. The molecule has 150 valence electrons. The van der Waals surface area contributed by atoms with E-state index in [2.05, 4.69) is 15.3 Å². The predicted octanol–water partition coefficient (Wildman–Crippen LogP) is 2.94. The second-order valence-corrected chi connectivity index (χ2v) is 6.11. The molecule has 0 aliphatic heterocycles. The Hall–Kier alpha value is -3.81. The van der Waals surface area contributed by atoms with Gasteiger partial charge in [-0.3, -0.25) is 4.79 Å². The highest BCUT2D eigenvalue weighted by atomic mass is 16.5. The second kappa shape index (κ2) is 8.92. The van der Waals surface area contributed by atoms with Gasteiger partial charge in [-0.1, -0.05) is 18.2 Å². The van der Waals surface area contributed by atoms with Crippen LogP contribution in [0.15, 0.2) is 48.7 Å². The fraction of sp³-hybridized carbons (Fsp3) is 0.190. The molecule has 0 atom stereocenters. The first-order valence-electron chi connectivity index (χ1n) is 8.82. The van der Waals surface area contributed by atoms with Gasteiger partial charge in [0.25, 0.3) is 5.91 Å². The average Bonchev–Trinajstić information content (AvgIpc) is 2.73. The van der Waals surface area contributed by atoms with Gasteiger partial charge in [0.05, 0.1) is 21.3 Å². The first-order chi connectivity index (χ1) is 14.0. The van der Waals surface area contributed by atoms with E-state index in [4.69, 9.17) is 19.9 Å². The summed E-state index contributed by atoms with van der Waals surface area (Å²) >= 11 is 0. The number of primary amides is 1. The van der Waals surface area contributed by atoms with E-state index in [1.54, 1.807) is 21.3 Å². The zero-order valence-corrected chi connectivity index (χ0v) is 16.4. The van der Waals surface area contributed by atoms with Crippen LogP contribution in [0.3, 0.4) is 0 Å². The van der Waals surface area contributed by atoms with Crippen molar-refractivity contribution in [2.24, 2.45) is 5.73 Å². The molecule has 8 nitrogen and oxygen atoms in total. The van der Waals surface area contributed by atoms with Crippen molar-refractivity contribution in [3.05, 3.63) is 65.6 Å². The fourth-order valence-electron chi connectivity index (χ4n) is 2.86. The molecule has 0 bridgehead atoms. The molecule has 0 unspecified atom stereocenters. The molecule has 1 aromatic heterocycles. The van der Waals surface area contributed by atoms with Crippen LogP contribution in [-0.2, 0) is 6.42 Å². The van der Waals surface area contributed by atoms with Crippen LogP contribution < -0.4 is 25.3 Å². The van der Waals surface area contributed by atoms with Crippen molar-refractivity contribution in [3.8, 4) is 17.2 Å². The lowest BCUT2D eigenvalue weighted by Crippen LogP contribution is -2.16. The summed E-state index contributed by atoms with van der Waals surface area (Å²) in [7, 11) is 4.66. The molecule has 1 heterocycles. The van der Waals surface area contributed by atoms with Gasteiger partial charge in [-0.15, -0.1) is 0 Å². The van der Waals surface area contributed by atoms with E-state index in [9.17, 15) is 4.79 Å². The third-order valence-electron chi connectivity index (χ3n) is 4.23. The number of nitrogens with zero attached hydrogens (tertiary/aromatic N) is 2. The number of rotatable bonds is 8. The van der Waals surface area contributed by atoms with Crippen molar-refractivity contribution >= 4 is 17.4 Å². The molecule has 0 aliphatic rings. The molecular weight excluding hydrogens is 372 g/mol. The van der Waals surface area contributed by atoms with Crippen LogP contribution in [0, 0.1) is 0 Å².